The van der Waals surface area contributed by atoms with Crippen molar-refractivity contribution in [3.8, 4) is 0 Å². The fourth-order valence-corrected chi connectivity index (χ4v) is 3.39. The number of rotatable bonds is 9. The van der Waals surface area contributed by atoms with Gasteiger partial charge in [-0.25, -0.2) is 0 Å². The standard InChI is InChI=1S/C12H22N2O6S2/c1-14-7-6-13-12(10-14)11(4-2-8-21(15,16)17)5-3-9-22(18,19)20/h6-7,11H,2-5,8-10H2,1H3,(H,15,16,17)(H,18,19,20). The number of nitrogens with zero attached hydrogens (tertiary/aromatic N) is 2. The van der Waals surface area contributed by atoms with E-state index in [0.29, 0.717) is 19.4 Å². The van der Waals surface area contributed by atoms with E-state index in [4.69, 9.17) is 9.11 Å². The Kier molecular flexibility index (Phi) is 6.98. The van der Waals surface area contributed by atoms with Gasteiger partial charge in [0.2, 0.25) is 0 Å². The summed E-state index contributed by atoms with van der Waals surface area (Å²) < 4.78 is 60.7. The second-order valence-electron chi connectivity index (χ2n) is 5.39. The summed E-state index contributed by atoms with van der Waals surface area (Å²) in [4.78, 5) is 6.20. The first-order valence-corrected chi connectivity index (χ1v) is 10.1. The van der Waals surface area contributed by atoms with E-state index in [1.807, 2.05) is 11.9 Å². The van der Waals surface area contributed by atoms with Gasteiger partial charge in [0.05, 0.1) is 18.1 Å². The largest absolute Gasteiger partial charge is 0.374 e. The van der Waals surface area contributed by atoms with E-state index in [-0.39, 0.29) is 30.3 Å². The van der Waals surface area contributed by atoms with Crippen LogP contribution in [0.2, 0.25) is 0 Å². The molecule has 1 rings (SSSR count). The average molecular weight is 354 g/mol. The maximum Gasteiger partial charge on any atom is 0.264 e. The second kappa shape index (κ2) is 8.04. The molecular weight excluding hydrogens is 332 g/mol. The molecular formula is C12H22N2O6S2. The van der Waals surface area contributed by atoms with Crippen molar-refractivity contribution in [3.05, 3.63) is 12.4 Å². The van der Waals surface area contributed by atoms with Gasteiger partial charge in [-0.05, 0) is 31.6 Å². The normalized spacial score (nSPS) is 16.2. The summed E-state index contributed by atoms with van der Waals surface area (Å²) in [7, 11) is -6.14. The summed E-state index contributed by atoms with van der Waals surface area (Å²) in [6.45, 7) is 0.582. The first-order chi connectivity index (χ1) is 10.1. The Labute approximate surface area is 131 Å². The van der Waals surface area contributed by atoms with Gasteiger partial charge in [0.1, 0.15) is 0 Å². The zero-order valence-corrected chi connectivity index (χ0v) is 14.1. The molecule has 1 aliphatic rings. The molecule has 0 aliphatic carbocycles. The highest BCUT2D eigenvalue weighted by atomic mass is 32.2. The van der Waals surface area contributed by atoms with Gasteiger partial charge in [-0.1, -0.05) is 0 Å². The van der Waals surface area contributed by atoms with Crippen LogP contribution < -0.4 is 0 Å². The summed E-state index contributed by atoms with van der Waals surface area (Å²) in [6, 6.07) is 0. The minimum absolute atomic E-state index is 0.0871. The van der Waals surface area contributed by atoms with E-state index in [2.05, 4.69) is 4.99 Å². The van der Waals surface area contributed by atoms with Crippen LogP contribution in [0.5, 0.6) is 0 Å². The van der Waals surface area contributed by atoms with Gasteiger partial charge in [-0.3, -0.25) is 14.1 Å². The minimum Gasteiger partial charge on any atom is -0.374 e. The Morgan fingerprint density at radius 2 is 1.64 bits per heavy atom. The van der Waals surface area contributed by atoms with Crippen LogP contribution in [0.4, 0.5) is 0 Å². The van der Waals surface area contributed by atoms with Crippen LogP contribution in [0.1, 0.15) is 25.7 Å². The Morgan fingerprint density at radius 1 is 1.14 bits per heavy atom. The van der Waals surface area contributed by atoms with E-state index in [0.717, 1.165) is 5.71 Å². The average Bonchev–Trinajstić information content (AvgIpc) is 2.34. The molecule has 0 fully saturated rings. The molecule has 0 aromatic carbocycles. The first-order valence-electron chi connectivity index (χ1n) is 6.90. The lowest BCUT2D eigenvalue weighted by Crippen LogP contribution is -2.30. The molecule has 0 spiro atoms. The quantitative estimate of drug-likeness (QED) is 0.587. The lowest BCUT2D eigenvalue weighted by atomic mass is 9.92. The Balaban J connectivity index is 2.64. The Bertz CT molecular complexity index is 586. The zero-order valence-electron chi connectivity index (χ0n) is 12.4. The predicted octanol–water partition coefficient (Wildman–Crippen LogP) is 0.796. The molecule has 2 N–H and O–H groups in total. The third-order valence-corrected chi connectivity index (χ3v) is 4.96. The molecule has 1 aliphatic heterocycles. The second-order valence-corrected chi connectivity index (χ2v) is 8.53. The van der Waals surface area contributed by atoms with Gasteiger partial charge in [-0.15, -0.1) is 0 Å². The highest BCUT2D eigenvalue weighted by Crippen LogP contribution is 2.19. The Hall–Kier alpha value is -0.970. The number of aliphatic imine (C=N–C) groups is 1. The van der Waals surface area contributed by atoms with Crippen LogP contribution in [0.3, 0.4) is 0 Å². The molecule has 0 atom stereocenters. The maximum atomic E-state index is 10.8. The van der Waals surface area contributed by atoms with Gasteiger partial charge in [-0.2, -0.15) is 16.8 Å². The lowest BCUT2D eigenvalue weighted by molar-refractivity contribution is 0.460. The highest BCUT2D eigenvalue weighted by molar-refractivity contribution is 7.86. The van der Waals surface area contributed by atoms with Crippen LogP contribution in [-0.2, 0) is 20.2 Å². The molecule has 0 amide bonds. The highest BCUT2D eigenvalue weighted by Gasteiger charge is 2.20. The van der Waals surface area contributed by atoms with E-state index >= 15 is 0 Å². The first kappa shape index (κ1) is 19.1. The summed E-state index contributed by atoms with van der Waals surface area (Å²) in [5.74, 6) is -0.752. The fraction of sp³-hybridized carbons (Fsp3) is 0.750. The van der Waals surface area contributed by atoms with Crippen molar-refractivity contribution in [2.75, 3.05) is 25.1 Å². The minimum atomic E-state index is -4.01. The fourth-order valence-electron chi connectivity index (χ4n) is 2.33. The van der Waals surface area contributed by atoms with Crippen molar-refractivity contribution in [1.82, 2.24) is 4.90 Å². The molecule has 0 aromatic heterocycles. The van der Waals surface area contributed by atoms with Crippen LogP contribution in [0, 0.1) is 5.92 Å². The SMILES string of the molecule is CN1C=CN=C(C(CCCS(=O)(=O)O)CCCS(=O)(=O)O)C1. The number of hydrogen-bond donors (Lipinski definition) is 2. The molecule has 0 unspecified atom stereocenters. The molecule has 0 saturated carbocycles. The molecule has 0 radical (unpaired) electrons. The van der Waals surface area contributed by atoms with Gasteiger partial charge in [0, 0.05) is 25.2 Å². The molecule has 0 aromatic rings. The van der Waals surface area contributed by atoms with Crippen molar-refractivity contribution >= 4 is 25.9 Å². The molecule has 22 heavy (non-hydrogen) atoms. The lowest BCUT2D eigenvalue weighted by Gasteiger charge is -2.25. The van der Waals surface area contributed by atoms with E-state index in [1.54, 1.807) is 12.4 Å². The summed E-state index contributed by atoms with van der Waals surface area (Å²) in [5.41, 5.74) is 0.843. The Morgan fingerprint density at radius 3 is 2.05 bits per heavy atom. The van der Waals surface area contributed by atoms with Gasteiger partial charge in [0.15, 0.2) is 0 Å². The molecule has 10 heteroatoms. The van der Waals surface area contributed by atoms with Crippen LogP contribution in [-0.4, -0.2) is 61.7 Å². The molecule has 128 valence electrons. The molecule has 8 nitrogen and oxygen atoms in total. The van der Waals surface area contributed by atoms with Crippen molar-refractivity contribution in [2.45, 2.75) is 25.7 Å². The van der Waals surface area contributed by atoms with Gasteiger partial charge >= 0.3 is 0 Å². The monoisotopic (exact) mass is 354 g/mol. The van der Waals surface area contributed by atoms with Crippen LogP contribution in [0.15, 0.2) is 17.4 Å². The topological polar surface area (TPSA) is 124 Å². The zero-order chi connectivity index (χ0) is 16.8. The molecule has 1 heterocycles. The third-order valence-electron chi connectivity index (χ3n) is 3.35. The van der Waals surface area contributed by atoms with Crippen LogP contribution >= 0.6 is 0 Å². The van der Waals surface area contributed by atoms with E-state index < -0.39 is 20.2 Å². The van der Waals surface area contributed by atoms with E-state index in [1.165, 1.54) is 0 Å². The van der Waals surface area contributed by atoms with Crippen molar-refractivity contribution in [1.29, 1.82) is 0 Å². The maximum absolute atomic E-state index is 10.8. The van der Waals surface area contributed by atoms with E-state index in [9.17, 15) is 16.8 Å². The predicted molar refractivity (Wildman–Crippen MR) is 84.0 cm³/mol. The smallest absolute Gasteiger partial charge is 0.264 e. The summed E-state index contributed by atoms with van der Waals surface area (Å²) in [5, 5.41) is 0. The van der Waals surface area contributed by atoms with Gasteiger partial charge < -0.3 is 4.90 Å². The molecule has 0 saturated heterocycles. The van der Waals surface area contributed by atoms with Crippen LogP contribution in [0.25, 0.3) is 0 Å². The summed E-state index contributed by atoms with van der Waals surface area (Å²) >= 11 is 0. The van der Waals surface area contributed by atoms with Crippen molar-refractivity contribution < 1.29 is 25.9 Å². The third kappa shape index (κ3) is 8.47. The molecule has 0 bridgehead atoms. The number of hydrogen-bond acceptors (Lipinski definition) is 6. The van der Waals surface area contributed by atoms with Crippen molar-refractivity contribution in [3.63, 3.8) is 0 Å². The summed E-state index contributed by atoms with van der Waals surface area (Å²) in [6.07, 6.45) is 4.93. The van der Waals surface area contributed by atoms with Gasteiger partial charge in [0.25, 0.3) is 20.2 Å². The van der Waals surface area contributed by atoms with Crippen molar-refractivity contribution in [2.24, 2.45) is 10.9 Å².